The Bertz CT molecular complexity index is 562. The summed E-state index contributed by atoms with van der Waals surface area (Å²) in [6.45, 7) is -0.00892. The van der Waals surface area contributed by atoms with E-state index in [0.29, 0.717) is 0 Å². The van der Waals surface area contributed by atoms with Crippen molar-refractivity contribution in [3.05, 3.63) is 17.5 Å². The molecule has 1 fully saturated rings. The first-order valence-electron chi connectivity index (χ1n) is 4.67. The molecular formula is C8H9ClN4O3S. The number of halogens is 1. The molecule has 7 nitrogen and oxygen atoms in total. The highest BCUT2D eigenvalue weighted by molar-refractivity contribution is 7.89. The predicted octanol–water partition coefficient (Wildman–Crippen LogP) is -0.476. The van der Waals surface area contributed by atoms with Crippen LogP contribution in [0.25, 0.3) is 0 Å². The van der Waals surface area contributed by atoms with Gasteiger partial charge in [-0.3, -0.25) is 9.69 Å². The first-order valence-corrected chi connectivity index (χ1v) is 6.66. The average molecular weight is 277 g/mol. The molecule has 0 saturated carbocycles. The van der Waals surface area contributed by atoms with Gasteiger partial charge in [0.25, 0.3) is 0 Å². The molecule has 1 amide bonds. The Hall–Kier alpha value is -1.25. The zero-order valence-corrected chi connectivity index (χ0v) is 10.1. The van der Waals surface area contributed by atoms with E-state index in [0.717, 1.165) is 0 Å². The quantitative estimate of drug-likeness (QED) is 0.735. The van der Waals surface area contributed by atoms with Crippen LogP contribution in [0, 0.1) is 0 Å². The summed E-state index contributed by atoms with van der Waals surface area (Å²) in [4.78, 5) is 20.4. The van der Waals surface area contributed by atoms with E-state index in [1.807, 2.05) is 0 Å². The van der Waals surface area contributed by atoms with Gasteiger partial charge in [-0.25, -0.2) is 23.5 Å². The van der Waals surface area contributed by atoms with E-state index in [1.54, 1.807) is 0 Å². The van der Waals surface area contributed by atoms with Crippen molar-refractivity contribution in [1.29, 1.82) is 0 Å². The van der Waals surface area contributed by atoms with Crippen LogP contribution in [0.5, 0.6) is 0 Å². The van der Waals surface area contributed by atoms with Crippen molar-refractivity contribution >= 4 is 33.3 Å². The number of amides is 1. The van der Waals surface area contributed by atoms with Crippen LogP contribution in [-0.4, -0.2) is 36.1 Å². The highest BCUT2D eigenvalue weighted by atomic mass is 35.5. The lowest BCUT2D eigenvalue weighted by Gasteiger charge is -2.14. The molecule has 0 aromatic carbocycles. The molecule has 0 aliphatic carbocycles. The zero-order chi connectivity index (χ0) is 12.6. The summed E-state index contributed by atoms with van der Waals surface area (Å²) in [5.74, 6) is -0.0695. The van der Waals surface area contributed by atoms with E-state index in [2.05, 4.69) is 9.97 Å². The standard InChI is InChI=1S/C8H9ClN4O3S/c9-6-2-7(12-4-11-6)13-3-5(1-8(13)14)17(10,15)16/h2,4-5H,1,3H2,(H2,10,15,16). The van der Waals surface area contributed by atoms with E-state index < -0.39 is 15.3 Å². The highest BCUT2D eigenvalue weighted by Gasteiger charge is 2.37. The van der Waals surface area contributed by atoms with Gasteiger partial charge >= 0.3 is 0 Å². The number of nitrogens with zero attached hydrogens (tertiary/aromatic N) is 3. The topological polar surface area (TPSA) is 106 Å². The Morgan fingerprint density at radius 2 is 2.18 bits per heavy atom. The van der Waals surface area contributed by atoms with E-state index in [4.69, 9.17) is 16.7 Å². The largest absolute Gasteiger partial charge is 0.295 e. The fourth-order valence-corrected chi connectivity index (χ4v) is 2.46. The van der Waals surface area contributed by atoms with Gasteiger partial charge in [-0.05, 0) is 0 Å². The van der Waals surface area contributed by atoms with Crippen molar-refractivity contribution in [1.82, 2.24) is 9.97 Å². The summed E-state index contributed by atoms with van der Waals surface area (Å²) < 4.78 is 22.3. The van der Waals surface area contributed by atoms with E-state index in [-0.39, 0.29) is 29.8 Å². The fraction of sp³-hybridized carbons (Fsp3) is 0.375. The maximum atomic E-state index is 11.6. The highest BCUT2D eigenvalue weighted by Crippen LogP contribution is 2.23. The molecule has 2 heterocycles. The summed E-state index contributed by atoms with van der Waals surface area (Å²) in [6.07, 6.45) is 1.07. The Labute approximate surface area is 103 Å². The second kappa shape index (κ2) is 4.21. The number of rotatable bonds is 2. The summed E-state index contributed by atoms with van der Waals surface area (Å²) in [7, 11) is -3.73. The van der Waals surface area contributed by atoms with Crippen LogP contribution in [-0.2, 0) is 14.8 Å². The number of primary sulfonamides is 1. The molecule has 1 atom stereocenters. The SMILES string of the molecule is NS(=O)(=O)C1CC(=O)N(c2cc(Cl)ncn2)C1. The molecule has 2 rings (SSSR count). The summed E-state index contributed by atoms with van der Waals surface area (Å²) in [5, 5.41) is 4.29. The first kappa shape index (κ1) is 12.2. The second-order valence-electron chi connectivity index (χ2n) is 3.62. The third kappa shape index (κ3) is 2.54. The van der Waals surface area contributed by atoms with Crippen LogP contribution < -0.4 is 10.0 Å². The lowest BCUT2D eigenvalue weighted by molar-refractivity contribution is -0.117. The summed E-state index contributed by atoms with van der Waals surface area (Å²) in [6, 6.07) is 1.39. The number of sulfonamides is 1. The third-order valence-electron chi connectivity index (χ3n) is 2.45. The maximum Gasteiger partial charge on any atom is 0.229 e. The van der Waals surface area contributed by atoms with Gasteiger partial charge in [-0.1, -0.05) is 11.6 Å². The molecule has 1 saturated heterocycles. The molecule has 1 unspecified atom stereocenters. The number of carbonyl (C=O) groups is 1. The summed E-state index contributed by atoms with van der Waals surface area (Å²) >= 11 is 5.67. The molecule has 2 N–H and O–H groups in total. The fourth-order valence-electron chi connectivity index (χ4n) is 1.59. The van der Waals surface area contributed by atoms with Gasteiger partial charge in [0, 0.05) is 19.0 Å². The van der Waals surface area contributed by atoms with Crippen LogP contribution in [0.1, 0.15) is 6.42 Å². The zero-order valence-electron chi connectivity index (χ0n) is 8.58. The lowest BCUT2D eigenvalue weighted by Crippen LogP contribution is -2.32. The molecule has 92 valence electrons. The first-order chi connectivity index (χ1) is 7.88. The molecule has 1 aliphatic heterocycles. The minimum atomic E-state index is -3.73. The number of hydrogen-bond donors (Lipinski definition) is 1. The van der Waals surface area contributed by atoms with Gasteiger partial charge in [0.1, 0.15) is 22.5 Å². The van der Waals surface area contributed by atoms with Crippen molar-refractivity contribution in [3.63, 3.8) is 0 Å². The van der Waals surface area contributed by atoms with Crippen molar-refractivity contribution in [2.45, 2.75) is 11.7 Å². The molecule has 1 aromatic rings. The Kier molecular flexibility index (Phi) is 3.02. The van der Waals surface area contributed by atoms with Gasteiger partial charge in [0.2, 0.25) is 15.9 Å². The van der Waals surface area contributed by atoms with Gasteiger partial charge in [0.15, 0.2) is 0 Å². The van der Waals surface area contributed by atoms with Crippen LogP contribution in [0.3, 0.4) is 0 Å². The van der Waals surface area contributed by atoms with Gasteiger partial charge in [-0.15, -0.1) is 0 Å². The van der Waals surface area contributed by atoms with Crippen LogP contribution in [0.2, 0.25) is 5.15 Å². The second-order valence-corrected chi connectivity index (χ2v) is 5.85. The monoisotopic (exact) mass is 276 g/mol. The van der Waals surface area contributed by atoms with Crippen molar-refractivity contribution in [2.24, 2.45) is 5.14 Å². The molecule has 1 aromatic heterocycles. The van der Waals surface area contributed by atoms with Crippen molar-refractivity contribution in [2.75, 3.05) is 11.4 Å². The number of aromatic nitrogens is 2. The van der Waals surface area contributed by atoms with Crippen LogP contribution in [0.15, 0.2) is 12.4 Å². The van der Waals surface area contributed by atoms with Crippen molar-refractivity contribution < 1.29 is 13.2 Å². The molecule has 1 aliphatic rings. The smallest absolute Gasteiger partial charge is 0.229 e. The number of nitrogens with two attached hydrogens (primary N) is 1. The predicted molar refractivity (Wildman–Crippen MR) is 60.9 cm³/mol. The Morgan fingerprint density at radius 3 is 2.71 bits per heavy atom. The lowest BCUT2D eigenvalue weighted by atomic mass is 10.4. The third-order valence-corrected chi connectivity index (χ3v) is 3.90. The van der Waals surface area contributed by atoms with Crippen LogP contribution in [0.4, 0.5) is 5.82 Å². The molecule has 0 bridgehead atoms. The molecule has 0 radical (unpaired) electrons. The minimum absolute atomic E-state index is 0.00892. The average Bonchev–Trinajstić information content (AvgIpc) is 2.60. The molecule has 9 heteroatoms. The van der Waals surface area contributed by atoms with Gasteiger partial charge in [0.05, 0.1) is 0 Å². The molecule has 0 spiro atoms. The number of hydrogen-bond acceptors (Lipinski definition) is 5. The Balaban J connectivity index is 2.28. The summed E-state index contributed by atoms with van der Waals surface area (Å²) in [5.41, 5.74) is 0. The minimum Gasteiger partial charge on any atom is -0.295 e. The Morgan fingerprint density at radius 1 is 1.47 bits per heavy atom. The normalized spacial score (nSPS) is 20.9. The number of anilines is 1. The molecule has 17 heavy (non-hydrogen) atoms. The molecular weight excluding hydrogens is 268 g/mol. The van der Waals surface area contributed by atoms with E-state index >= 15 is 0 Å². The number of carbonyl (C=O) groups excluding carboxylic acids is 1. The van der Waals surface area contributed by atoms with Gasteiger partial charge < -0.3 is 0 Å². The van der Waals surface area contributed by atoms with E-state index in [9.17, 15) is 13.2 Å². The van der Waals surface area contributed by atoms with Gasteiger partial charge in [-0.2, -0.15) is 0 Å². The van der Waals surface area contributed by atoms with Crippen molar-refractivity contribution in [3.8, 4) is 0 Å². The van der Waals surface area contributed by atoms with E-state index in [1.165, 1.54) is 17.3 Å². The van der Waals surface area contributed by atoms with Crippen LogP contribution >= 0.6 is 11.6 Å². The maximum absolute atomic E-state index is 11.6.